The average molecular weight is 413 g/mol. The van der Waals surface area contributed by atoms with Gasteiger partial charge in [-0.3, -0.25) is 9.48 Å². The highest BCUT2D eigenvalue weighted by Gasteiger charge is 2.13. The smallest absolute Gasteiger partial charge is 0.272 e. The number of pyridine rings is 1. The van der Waals surface area contributed by atoms with E-state index in [1.165, 1.54) is 0 Å². The minimum atomic E-state index is -0.162. The van der Waals surface area contributed by atoms with Crippen LogP contribution in [0.5, 0.6) is 0 Å². The van der Waals surface area contributed by atoms with E-state index < -0.39 is 0 Å². The molecule has 4 aromatic heterocycles. The molecule has 4 aromatic rings. The lowest BCUT2D eigenvalue weighted by Crippen LogP contribution is -2.16. The summed E-state index contributed by atoms with van der Waals surface area (Å²) in [6.45, 7) is 3.26. The van der Waals surface area contributed by atoms with Crippen molar-refractivity contribution in [1.82, 2.24) is 23.7 Å². The van der Waals surface area contributed by atoms with Crippen LogP contribution in [0, 0.1) is 0 Å². The first kappa shape index (κ1) is 16.6. The Balaban J connectivity index is 1.48. The van der Waals surface area contributed by atoms with Gasteiger partial charge in [-0.1, -0.05) is 6.07 Å². The number of amides is 1. The summed E-state index contributed by atoms with van der Waals surface area (Å²) in [6.07, 6.45) is 9.27. The van der Waals surface area contributed by atoms with Crippen LogP contribution in [0.15, 0.2) is 59.7 Å². The van der Waals surface area contributed by atoms with Gasteiger partial charge in [0.1, 0.15) is 11.3 Å². The second-order valence-electron chi connectivity index (χ2n) is 5.91. The van der Waals surface area contributed by atoms with Gasteiger partial charge in [0.15, 0.2) is 0 Å². The Hall–Kier alpha value is -2.87. The normalized spacial score (nSPS) is 11.2. The van der Waals surface area contributed by atoms with Crippen LogP contribution in [0.25, 0.3) is 5.65 Å². The number of anilines is 1. The van der Waals surface area contributed by atoms with Crippen LogP contribution >= 0.6 is 15.9 Å². The standard InChI is InChI=1S/C18H17BrN6O/c1-2-23-9-13(19)7-16(23)18(26)22-14-8-20-25(11-14)12-15-10-24-6-4-3-5-17(24)21-15/h3-11H,2,12H2,1H3,(H,22,26). The predicted molar refractivity (Wildman–Crippen MR) is 102 cm³/mol. The third-order valence-corrected chi connectivity index (χ3v) is 4.50. The Morgan fingerprint density at radius 2 is 2.15 bits per heavy atom. The number of rotatable bonds is 5. The van der Waals surface area contributed by atoms with E-state index in [1.807, 2.05) is 52.7 Å². The molecule has 0 unspecified atom stereocenters. The summed E-state index contributed by atoms with van der Waals surface area (Å²) >= 11 is 3.41. The fraction of sp³-hybridized carbons (Fsp3) is 0.167. The van der Waals surface area contributed by atoms with Crippen LogP contribution in [0.3, 0.4) is 0 Å². The van der Waals surface area contributed by atoms with Crippen molar-refractivity contribution in [3.8, 4) is 0 Å². The summed E-state index contributed by atoms with van der Waals surface area (Å²) in [6, 6.07) is 7.68. The molecule has 0 saturated heterocycles. The first-order valence-corrected chi connectivity index (χ1v) is 9.04. The molecule has 26 heavy (non-hydrogen) atoms. The molecular weight excluding hydrogens is 396 g/mol. The average Bonchev–Trinajstić information content (AvgIpc) is 3.32. The van der Waals surface area contributed by atoms with Crippen molar-refractivity contribution >= 4 is 33.2 Å². The maximum Gasteiger partial charge on any atom is 0.272 e. The van der Waals surface area contributed by atoms with Crippen LogP contribution in [0.1, 0.15) is 23.1 Å². The third kappa shape index (κ3) is 3.28. The van der Waals surface area contributed by atoms with Crippen LogP contribution in [-0.2, 0) is 13.1 Å². The van der Waals surface area contributed by atoms with Crippen molar-refractivity contribution in [2.75, 3.05) is 5.32 Å². The second-order valence-corrected chi connectivity index (χ2v) is 6.82. The van der Waals surface area contributed by atoms with Crippen molar-refractivity contribution in [3.63, 3.8) is 0 Å². The molecule has 4 heterocycles. The number of nitrogens with one attached hydrogen (secondary N) is 1. The number of fused-ring (bicyclic) bond motifs is 1. The number of imidazole rings is 1. The summed E-state index contributed by atoms with van der Waals surface area (Å²) in [4.78, 5) is 17.0. The summed E-state index contributed by atoms with van der Waals surface area (Å²) in [5.41, 5.74) is 3.06. The largest absolute Gasteiger partial charge is 0.343 e. The molecule has 7 nitrogen and oxygen atoms in total. The molecule has 0 aliphatic carbocycles. The summed E-state index contributed by atoms with van der Waals surface area (Å²) in [5, 5.41) is 7.20. The monoisotopic (exact) mass is 412 g/mol. The van der Waals surface area contributed by atoms with Gasteiger partial charge in [0.25, 0.3) is 5.91 Å². The van der Waals surface area contributed by atoms with Gasteiger partial charge in [-0.05, 0) is 41.1 Å². The number of aryl methyl sites for hydroxylation is 1. The number of halogens is 1. The van der Waals surface area contributed by atoms with E-state index in [0.29, 0.717) is 17.9 Å². The van der Waals surface area contributed by atoms with Crippen molar-refractivity contribution in [2.24, 2.45) is 0 Å². The Labute approximate surface area is 158 Å². The molecule has 4 rings (SSSR count). The van der Waals surface area contributed by atoms with Crippen molar-refractivity contribution in [3.05, 3.63) is 71.1 Å². The van der Waals surface area contributed by atoms with Crippen molar-refractivity contribution in [1.29, 1.82) is 0 Å². The molecule has 0 aliphatic heterocycles. The minimum Gasteiger partial charge on any atom is -0.343 e. The lowest BCUT2D eigenvalue weighted by atomic mass is 10.4. The Morgan fingerprint density at radius 1 is 1.27 bits per heavy atom. The quantitative estimate of drug-likeness (QED) is 0.545. The van der Waals surface area contributed by atoms with Gasteiger partial charge in [0.05, 0.1) is 24.1 Å². The van der Waals surface area contributed by atoms with Crippen LogP contribution in [-0.4, -0.2) is 29.6 Å². The van der Waals surface area contributed by atoms with E-state index in [0.717, 1.165) is 22.4 Å². The van der Waals surface area contributed by atoms with E-state index in [2.05, 4.69) is 31.3 Å². The Bertz CT molecular complexity index is 1040. The maximum atomic E-state index is 12.5. The zero-order valence-electron chi connectivity index (χ0n) is 14.1. The van der Waals surface area contributed by atoms with E-state index in [4.69, 9.17) is 0 Å². The molecular formula is C18H17BrN6O. The predicted octanol–water partition coefficient (Wildman–Crippen LogP) is 3.42. The number of carbonyl (C=O) groups is 1. The zero-order valence-corrected chi connectivity index (χ0v) is 15.7. The lowest BCUT2D eigenvalue weighted by Gasteiger charge is -2.05. The van der Waals surface area contributed by atoms with Gasteiger partial charge < -0.3 is 14.3 Å². The van der Waals surface area contributed by atoms with Gasteiger partial charge in [-0.25, -0.2) is 4.98 Å². The molecule has 1 N–H and O–H groups in total. The number of hydrogen-bond acceptors (Lipinski definition) is 3. The van der Waals surface area contributed by atoms with E-state index in [1.54, 1.807) is 23.1 Å². The SMILES string of the molecule is CCn1cc(Br)cc1C(=O)Nc1cnn(Cc2cn3ccccc3n2)c1. The van der Waals surface area contributed by atoms with E-state index in [-0.39, 0.29) is 5.91 Å². The maximum absolute atomic E-state index is 12.5. The number of hydrogen-bond donors (Lipinski definition) is 1. The molecule has 0 spiro atoms. The highest BCUT2D eigenvalue weighted by atomic mass is 79.9. The number of nitrogens with zero attached hydrogens (tertiary/aromatic N) is 5. The molecule has 0 saturated carbocycles. The molecule has 0 aliphatic rings. The molecule has 0 bridgehead atoms. The van der Waals surface area contributed by atoms with Crippen LogP contribution in [0.4, 0.5) is 5.69 Å². The summed E-state index contributed by atoms with van der Waals surface area (Å²) < 4.78 is 6.50. The van der Waals surface area contributed by atoms with E-state index >= 15 is 0 Å². The molecule has 1 amide bonds. The van der Waals surface area contributed by atoms with Gasteiger partial charge in [-0.2, -0.15) is 5.10 Å². The van der Waals surface area contributed by atoms with Gasteiger partial charge in [0.2, 0.25) is 0 Å². The fourth-order valence-electron chi connectivity index (χ4n) is 2.87. The van der Waals surface area contributed by atoms with Gasteiger partial charge in [-0.15, -0.1) is 0 Å². The summed E-state index contributed by atoms with van der Waals surface area (Å²) in [7, 11) is 0. The highest BCUT2D eigenvalue weighted by Crippen LogP contribution is 2.17. The minimum absolute atomic E-state index is 0.162. The van der Waals surface area contributed by atoms with Gasteiger partial charge in [0, 0.05) is 35.8 Å². The number of aromatic nitrogens is 5. The van der Waals surface area contributed by atoms with E-state index in [9.17, 15) is 4.79 Å². The molecule has 0 radical (unpaired) electrons. The van der Waals surface area contributed by atoms with Gasteiger partial charge >= 0.3 is 0 Å². The third-order valence-electron chi connectivity index (χ3n) is 4.07. The molecule has 0 aromatic carbocycles. The second kappa shape index (κ2) is 6.80. The molecule has 132 valence electrons. The zero-order chi connectivity index (χ0) is 18.1. The first-order chi connectivity index (χ1) is 12.6. The van der Waals surface area contributed by atoms with Crippen LogP contribution in [0.2, 0.25) is 0 Å². The van der Waals surface area contributed by atoms with Crippen molar-refractivity contribution < 1.29 is 4.79 Å². The molecule has 0 atom stereocenters. The summed E-state index contributed by atoms with van der Waals surface area (Å²) in [5.74, 6) is -0.162. The molecule has 8 heteroatoms. The Kier molecular flexibility index (Phi) is 4.34. The number of carbonyl (C=O) groups excluding carboxylic acids is 1. The Morgan fingerprint density at radius 3 is 2.96 bits per heavy atom. The topological polar surface area (TPSA) is 69.2 Å². The highest BCUT2D eigenvalue weighted by molar-refractivity contribution is 9.10. The molecule has 0 fully saturated rings. The first-order valence-electron chi connectivity index (χ1n) is 8.24. The van der Waals surface area contributed by atoms with Crippen molar-refractivity contribution in [2.45, 2.75) is 20.0 Å². The lowest BCUT2D eigenvalue weighted by molar-refractivity contribution is 0.101. The van der Waals surface area contributed by atoms with Crippen LogP contribution < -0.4 is 5.32 Å². The fourth-order valence-corrected chi connectivity index (χ4v) is 3.33.